The summed E-state index contributed by atoms with van der Waals surface area (Å²) in [6, 6.07) is 14.2. The Morgan fingerprint density at radius 1 is 1.07 bits per heavy atom. The van der Waals surface area contributed by atoms with Gasteiger partial charge in [-0.3, -0.25) is 20.4 Å². The van der Waals surface area contributed by atoms with Crippen LogP contribution in [0.25, 0.3) is 10.9 Å². The molecular formula is C21H21N3O4. The molecule has 0 spiro atoms. The summed E-state index contributed by atoms with van der Waals surface area (Å²) in [6.45, 7) is 1.30. The fourth-order valence-corrected chi connectivity index (χ4v) is 3.18. The molecule has 1 fully saturated rings. The largest absolute Gasteiger partial charge is 0.491 e. The van der Waals surface area contributed by atoms with Crippen molar-refractivity contribution in [3.8, 4) is 5.75 Å². The van der Waals surface area contributed by atoms with E-state index in [-0.39, 0.29) is 12.0 Å². The molecule has 3 aromatic rings. The molecule has 0 saturated carbocycles. The Morgan fingerprint density at radius 2 is 1.86 bits per heavy atom. The fourth-order valence-electron chi connectivity index (χ4n) is 3.18. The van der Waals surface area contributed by atoms with Crippen molar-refractivity contribution in [3.63, 3.8) is 0 Å². The number of aromatic nitrogens is 1. The number of aromatic amines is 1. The predicted molar refractivity (Wildman–Crippen MR) is 104 cm³/mol. The number of hydrazine groups is 1. The zero-order valence-corrected chi connectivity index (χ0v) is 15.2. The van der Waals surface area contributed by atoms with Crippen molar-refractivity contribution in [2.75, 3.05) is 13.2 Å². The molecule has 0 aliphatic carbocycles. The van der Waals surface area contributed by atoms with Crippen LogP contribution in [0.3, 0.4) is 0 Å². The number of carbonyl (C=O) groups is 2. The topological polar surface area (TPSA) is 92.5 Å². The van der Waals surface area contributed by atoms with Crippen LogP contribution < -0.4 is 15.6 Å². The molecule has 144 valence electrons. The summed E-state index contributed by atoms with van der Waals surface area (Å²) in [5.74, 6) is -0.115. The minimum atomic E-state index is -0.404. The van der Waals surface area contributed by atoms with Crippen LogP contribution in [0, 0.1) is 0 Å². The van der Waals surface area contributed by atoms with Gasteiger partial charge < -0.3 is 14.5 Å². The number of carbonyl (C=O) groups excluding carboxylic acids is 2. The Kier molecular flexibility index (Phi) is 5.25. The minimum absolute atomic E-state index is 0.141. The van der Waals surface area contributed by atoms with Crippen molar-refractivity contribution in [2.24, 2.45) is 0 Å². The van der Waals surface area contributed by atoms with Gasteiger partial charge in [-0.25, -0.2) is 0 Å². The van der Waals surface area contributed by atoms with Crippen LogP contribution in [0.15, 0.2) is 54.7 Å². The van der Waals surface area contributed by atoms with Crippen molar-refractivity contribution < 1.29 is 19.1 Å². The third kappa shape index (κ3) is 3.99. The Hall–Kier alpha value is -3.32. The maximum absolute atomic E-state index is 12.3. The van der Waals surface area contributed by atoms with E-state index in [1.807, 2.05) is 24.3 Å². The van der Waals surface area contributed by atoms with E-state index in [9.17, 15) is 9.59 Å². The zero-order chi connectivity index (χ0) is 19.3. The van der Waals surface area contributed by atoms with Crippen molar-refractivity contribution in [3.05, 3.63) is 65.9 Å². The molecule has 1 atom stereocenters. The van der Waals surface area contributed by atoms with Gasteiger partial charge in [0.25, 0.3) is 11.8 Å². The molecule has 3 N–H and O–H groups in total. The summed E-state index contributed by atoms with van der Waals surface area (Å²) >= 11 is 0. The van der Waals surface area contributed by atoms with Crippen LogP contribution in [0.5, 0.6) is 5.75 Å². The van der Waals surface area contributed by atoms with Crippen LogP contribution in [0.4, 0.5) is 0 Å². The standard InChI is InChI=1S/C21H21N3O4/c25-20(14-7-9-15(10-8-14)28-13-16-4-3-11-27-16)23-24-21(26)18-12-22-19-6-2-1-5-17(18)19/h1-2,5-10,12,16,22H,3-4,11,13H2,(H,23,25)(H,24,26). The summed E-state index contributed by atoms with van der Waals surface area (Å²) in [5.41, 5.74) is 6.63. The predicted octanol–water partition coefficient (Wildman–Crippen LogP) is 2.80. The first kappa shape index (κ1) is 18.1. The zero-order valence-electron chi connectivity index (χ0n) is 15.2. The molecular weight excluding hydrogens is 358 g/mol. The molecule has 4 rings (SSSR count). The van der Waals surface area contributed by atoms with Gasteiger partial charge in [-0.05, 0) is 43.2 Å². The van der Waals surface area contributed by atoms with Gasteiger partial charge in [0, 0.05) is 29.3 Å². The monoisotopic (exact) mass is 379 g/mol. The average molecular weight is 379 g/mol. The molecule has 2 heterocycles. The number of fused-ring (bicyclic) bond motifs is 1. The van der Waals surface area contributed by atoms with E-state index in [0.717, 1.165) is 30.4 Å². The van der Waals surface area contributed by atoms with Gasteiger partial charge in [0.1, 0.15) is 12.4 Å². The van der Waals surface area contributed by atoms with E-state index in [2.05, 4.69) is 15.8 Å². The van der Waals surface area contributed by atoms with Crippen LogP contribution in [0.2, 0.25) is 0 Å². The van der Waals surface area contributed by atoms with E-state index in [1.165, 1.54) is 0 Å². The number of para-hydroxylation sites is 1. The maximum Gasteiger partial charge on any atom is 0.271 e. The van der Waals surface area contributed by atoms with Crippen LogP contribution in [-0.2, 0) is 4.74 Å². The Bertz CT molecular complexity index is 975. The second-order valence-electron chi connectivity index (χ2n) is 6.63. The first-order valence-corrected chi connectivity index (χ1v) is 9.22. The lowest BCUT2D eigenvalue weighted by molar-refractivity contribution is 0.0679. The molecule has 2 amide bonds. The highest BCUT2D eigenvalue weighted by atomic mass is 16.5. The van der Waals surface area contributed by atoms with Crippen molar-refractivity contribution in [1.29, 1.82) is 0 Å². The highest BCUT2D eigenvalue weighted by molar-refractivity contribution is 6.07. The second kappa shape index (κ2) is 8.14. The molecule has 0 radical (unpaired) electrons. The molecule has 0 bridgehead atoms. The van der Waals surface area contributed by atoms with Crippen LogP contribution in [-0.4, -0.2) is 36.1 Å². The van der Waals surface area contributed by atoms with Crippen LogP contribution in [0.1, 0.15) is 33.6 Å². The molecule has 1 aromatic heterocycles. The number of nitrogens with one attached hydrogen (secondary N) is 3. The molecule has 2 aromatic carbocycles. The van der Waals surface area contributed by atoms with Gasteiger partial charge in [-0.1, -0.05) is 18.2 Å². The van der Waals surface area contributed by atoms with Crippen molar-refractivity contribution in [2.45, 2.75) is 18.9 Å². The van der Waals surface area contributed by atoms with Gasteiger partial charge in [0.15, 0.2) is 0 Å². The number of benzene rings is 2. The summed E-state index contributed by atoms with van der Waals surface area (Å²) in [5, 5.41) is 0.794. The summed E-state index contributed by atoms with van der Waals surface area (Å²) in [6.07, 6.45) is 3.84. The summed E-state index contributed by atoms with van der Waals surface area (Å²) in [7, 11) is 0. The normalized spacial score (nSPS) is 16.1. The third-order valence-corrected chi connectivity index (χ3v) is 4.70. The van der Waals surface area contributed by atoms with E-state index in [4.69, 9.17) is 9.47 Å². The van der Waals surface area contributed by atoms with Gasteiger partial charge in [-0.2, -0.15) is 0 Å². The SMILES string of the molecule is O=C(NNC(=O)c1c[nH]c2ccccc12)c1ccc(OCC2CCCO2)cc1. The lowest BCUT2D eigenvalue weighted by Gasteiger charge is -2.12. The lowest BCUT2D eigenvalue weighted by Crippen LogP contribution is -2.41. The molecule has 1 unspecified atom stereocenters. The molecule has 7 heteroatoms. The molecule has 1 saturated heterocycles. The van der Waals surface area contributed by atoms with Gasteiger partial charge in [0.2, 0.25) is 0 Å². The third-order valence-electron chi connectivity index (χ3n) is 4.70. The average Bonchev–Trinajstić information content (AvgIpc) is 3.40. The van der Waals surface area contributed by atoms with E-state index in [1.54, 1.807) is 30.5 Å². The number of rotatable bonds is 5. The number of hydrogen-bond acceptors (Lipinski definition) is 4. The van der Waals surface area contributed by atoms with Gasteiger partial charge in [0.05, 0.1) is 11.7 Å². The molecule has 7 nitrogen and oxygen atoms in total. The first-order valence-electron chi connectivity index (χ1n) is 9.22. The lowest BCUT2D eigenvalue weighted by atomic mass is 10.2. The Morgan fingerprint density at radius 3 is 2.64 bits per heavy atom. The van der Waals surface area contributed by atoms with Crippen LogP contribution >= 0.6 is 0 Å². The quantitative estimate of drug-likeness (QED) is 0.595. The van der Waals surface area contributed by atoms with E-state index >= 15 is 0 Å². The van der Waals surface area contributed by atoms with Gasteiger partial charge >= 0.3 is 0 Å². The second-order valence-corrected chi connectivity index (χ2v) is 6.63. The maximum atomic E-state index is 12.3. The molecule has 1 aliphatic rings. The van der Waals surface area contributed by atoms with Gasteiger partial charge in [-0.15, -0.1) is 0 Å². The molecule has 28 heavy (non-hydrogen) atoms. The highest BCUT2D eigenvalue weighted by Gasteiger charge is 2.16. The van der Waals surface area contributed by atoms with Crippen molar-refractivity contribution in [1.82, 2.24) is 15.8 Å². The smallest absolute Gasteiger partial charge is 0.271 e. The Labute approximate surface area is 162 Å². The number of amides is 2. The van der Waals surface area contributed by atoms with E-state index < -0.39 is 5.91 Å². The van der Waals surface area contributed by atoms with E-state index in [0.29, 0.717) is 23.5 Å². The number of ether oxygens (including phenoxy) is 2. The first-order chi connectivity index (χ1) is 13.7. The highest BCUT2D eigenvalue weighted by Crippen LogP contribution is 2.18. The summed E-state index contributed by atoms with van der Waals surface area (Å²) < 4.78 is 11.2. The minimum Gasteiger partial charge on any atom is -0.491 e. The van der Waals surface area contributed by atoms with Crippen molar-refractivity contribution >= 4 is 22.7 Å². The number of hydrogen-bond donors (Lipinski definition) is 3. The summed E-state index contributed by atoms with van der Waals surface area (Å²) in [4.78, 5) is 27.6. The number of H-pyrrole nitrogens is 1. The Balaban J connectivity index is 1.31. The molecule has 1 aliphatic heterocycles. The fraction of sp³-hybridized carbons (Fsp3) is 0.238.